The van der Waals surface area contributed by atoms with E-state index in [1.165, 1.54) is 16.7 Å². The number of nitrogens with zero attached hydrogens (tertiary/aromatic N) is 2. The van der Waals surface area contributed by atoms with Crippen molar-refractivity contribution in [3.05, 3.63) is 29.8 Å². The monoisotopic (exact) mass is 302 g/mol. The second-order valence-corrected chi connectivity index (χ2v) is 5.77. The van der Waals surface area contributed by atoms with Crippen LogP contribution in [0.5, 0.6) is 0 Å². The van der Waals surface area contributed by atoms with E-state index in [2.05, 4.69) is 0 Å². The summed E-state index contributed by atoms with van der Waals surface area (Å²) in [4.78, 5) is 39.0. The van der Waals surface area contributed by atoms with Crippen molar-refractivity contribution in [1.29, 1.82) is 0 Å². The summed E-state index contributed by atoms with van der Waals surface area (Å²) in [6, 6.07) is 6.03. The van der Waals surface area contributed by atoms with E-state index in [9.17, 15) is 19.5 Å². The van der Waals surface area contributed by atoms with Gasteiger partial charge in [0, 0.05) is 25.6 Å². The highest BCUT2D eigenvalue weighted by atomic mass is 16.4. The lowest BCUT2D eigenvalue weighted by molar-refractivity contribution is -0.148. The van der Waals surface area contributed by atoms with Gasteiger partial charge in [0.15, 0.2) is 0 Å². The molecule has 1 aromatic carbocycles. The summed E-state index contributed by atoms with van der Waals surface area (Å²) in [6.07, 6.45) is 1.60. The van der Waals surface area contributed by atoms with Crippen molar-refractivity contribution in [1.82, 2.24) is 4.90 Å². The van der Waals surface area contributed by atoms with Gasteiger partial charge < -0.3 is 10.0 Å². The number of carboxylic acids is 1. The largest absolute Gasteiger partial charge is 0.480 e. The van der Waals surface area contributed by atoms with Gasteiger partial charge >= 0.3 is 5.97 Å². The topological polar surface area (TPSA) is 77.9 Å². The Morgan fingerprint density at radius 3 is 2.59 bits per heavy atom. The molecule has 116 valence electrons. The number of rotatable bonds is 2. The lowest BCUT2D eigenvalue weighted by Crippen LogP contribution is -2.52. The van der Waals surface area contributed by atoms with Crippen LogP contribution in [0.25, 0.3) is 0 Å². The Labute approximate surface area is 128 Å². The van der Waals surface area contributed by atoms with Crippen molar-refractivity contribution in [3.63, 3.8) is 0 Å². The highest BCUT2D eigenvalue weighted by molar-refractivity contribution is 6.03. The number of carboxylic acid groups (broad SMARTS) is 1. The van der Waals surface area contributed by atoms with Crippen molar-refractivity contribution in [2.75, 3.05) is 11.4 Å². The molecule has 1 fully saturated rings. The molecular formula is C16H18N2O4. The van der Waals surface area contributed by atoms with E-state index < -0.39 is 18.1 Å². The number of anilines is 1. The Bertz CT molecular complexity index is 643. The first-order valence-electron chi connectivity index (χ1n) is 7.41. The molecule has 6 nitrogen and oxygen atoms in total. The molecule has 1 saturated heterocycles. The molecule has 0 radical (unpaired) electrons. The standard InChI is InChI=1S/C16H18N2O4/c1-10(19)18-12-6-3-2-5-11(12)9-14(18)15(20)17-8-4-7-13(17)16(21)22/h2-3,5-6,13-14H,4,7-9H2,1H3,(H,21,22)/t13-,14+/m1/s1. The Morgan fingerprint density at radius 2 is 1.91 bits per heavy atom. The Balaban J connectivity index is 1.90. The van der Waals surface area contributed by atoms with Gasteiger partial charge in [-0.2, -0.15) is 0 Å². The average molecular weight is 302 g/mol. The maximum atomic E-state index is 12.8. The van der Waals surface area contributed by atoms with Crippen LogP contribution in [0.3, 0.4) is 0 Å². The third-order valence-corrected chi connectivity index (χ3v) is 4.42. The van der Waals surface area contributed by atoms with Gasteiger partial charge in [0.2, 0.25) is 11.8 Å². The van der Waals surface area contributed by atoms with Gasteiger partial charge in [0.05, 0.1) is 0 Å². The average Bonchev–Trinajstić information content (AvgIpc) is 3.10. The maximum Gasteiger partial charge on any atom is 0.326 e. The molecular weight excluding hydrogens is 284 g/mol. The second-order valence-electron chi connectivity index (χ2n) is 5.77. The number of benzene rings is 1. The minimum Gasteiger partial charge on any atom is -0.480 e. The van der Waals surface area contributed by atoms with Crippen molar-refractivity contribution in [2.45, 2.75) is 38.3 Å². The molecule has 3 rings (SSSR count). The molecule has 1 N–H and O–H groups in total. The summed E-state index contributed by atoms with van der Waals surface area (Å²) < 4.78 is 0. The molecule has 22 heavy (non-hydrogen) atoms. The first-order valence-corrected chi connectivity index (χ1v) is 7.41. The summed E-state index contributed by atoms with van der Waals surface area (Å²) in [6.45, 7) is 1.87. The Kier molecular flexibility index (Phi) is 3.60. The van der Waals surface area contributed by atoms with E-state index in [-0.39, 0.29) is 11.8 Å². The zero-order valence-electron chi connectivity index (χ0n) is 12.4. The van der Waals surface area contributed by atoms with E-state index in [4.69, 9.17) is 0 Å². The number of carbonyl (C=O) groups is 3. The summed E-state index contributed by atoms with van der Waals surface area (Å²) in [5, 5.41) is 9.25. The van der Waals surface area contributed by atoms with Crippen LogP contribution >= 0.6 is 0 Å². The quantitative estimate of drug-likeness (QED) is 0.885. The van der Waals surface area contributed by atoms with Gasteiger partial charge in [-0.15, -0.1) is 0 Å². The van der Waals surface area contributed by atoms with E-state index >= 15 is 0 Å². The minimum atomic E-state index is -0.976. The smallest absolute Gasteiger partial charge is 0.326 e. The van der Waals surface area contributed by atoms with E-state index in [0.717, 1.165) is 11.3 Å². The lowest BCUT2D eigenvalue weighted by atomic mass is 10.1. The summed E-state index contributed by atoms with van der Waals surface area (Å²) in [7, 11) is 0. The number of amides is 2. The van der Waals surface area contributed by atoms with Crippen LogP contribution in [0.1, 0.15) is 25.3 Å². The molecule has 2 amide bonds. The molecule has 0 aromatic heterocycles. The molecule has 2 heterocycles. The van der Waals surface area contributed by atoms with Crippen molar-refractivity contribution < 1.29 is 19.5 Å². The predicted molar refractivity (Wildman–Crippen MR) is 79.5 cm³/mol. The van der Waals surface area contributed by atoms with Crippen molar-refractivity contribution in [3.8, 4) is 0 Å². The molecule has 0 saturated carbocycles. The molecule has 2 atom stereocenters. The van der Waals surface area contributed by atoms with E-state index in [1.807, 2.05) is 24.3 Å². The van der Waals surface area contributed by atoms with Crippen LogP contribution in [0.2, 0.25) is 0 Å². The third kappa shape index (κ3) is 2.24. The number of aliphatic carboxylic acids is 1. The van der Waals surface area contributed by atoms with Gasteiger partial charge in [-0.25, -0.2) is 4.79 Å². The van der Waals surface area contributed by atoms with Gasteiger partial charge in [-0.05, 0) is 24.5 Å². The van der Waals surface area contributed by atoms with Crippen molar-refractivity contribution in [2.24, 2.45) is 0 Å². The summed E-state index contributed by atoms with van der Waals surface area (Å²) >= 11 is 0. The maximum absolute atomic E-state index is 12.8. The van der Waals surface area contributed by atoms with Gasteiger partial charge in [0.1, 0.15) is 12.1 Å². The van der Waals surface area contributed by atoms with Gasteiger partial charge in [-0.1, -0.05) is 18.2 Å². The van der Waals surface area contributed by atoms with Crippen LogP contribution in [0.15, 0.2) is 24.3 Å². The molecule has 0 spiro atoms. The normalized spacial score (nSPS) is 23.5. The summed E-state index contributed by atoms with van der Waals surface area (Å²) in [5.41, 5.74) is 1.70. The van der Waals surface area contributed by atoms with E-state index in [0.29, 0.717) is 25.8 Å². The van der Waals surface area contributed by atoms with E-state index in [1.54, 1.807) is 0 Å². The lowest BCUT2D eigenvalue weighted by Gasteiger charge is -2.29. The fourth-order valence-electron chi connectivity index (χ4n) is 3.45. The summed E-state index contributed by atoms with van der Waals surface area (Å²) in [5.74, 6) is -1.44. The number of para-hydroxylation sites is 1. The molecule has 2 aliphatic heterocycles. The number of hydrogen-bond donors (Lipinski definition) is 1. The van der Waals surface area contributed by atoms with Crippen LogP contribution in [-0.2, 0) is 20.8 Å². The third-order valence-electron chi connectivity index (χ3n) is 4.42. The first-order chi connectivity index (χ1) is 10.5. The number of fused-ring (bicyclic) bond motifs is 1. The van der Waals surface area contributed by atoms with Crippen molar-refractivity contribution >= 4 is 23.5 Å². The van der Waals surface area contributed by atoms with Crippen LogP contribution in [0.4, 0.5) is 5.69 Å². The predicted octanol–water partition coefficient (Wildman–Crippen LogP) is 1.04. The number of hydrogen-bond acceptors (Lipinski definition) is 3. The van der Waals surface area contributed by atoms with Crippen LogP contribution in [-0.4, -0.2) is 46.4 Å². The highest BCUT2D eigenvalue weighted by Crippen LogP contribution is 2.34. The zero-order chi connectivity index (χ0) is 15.9. The fourth-order valence-corrected chi connectivity index (χ4v) is 3.45. The van der Waals surface area contributed by atoms with Crippen LogP contribution in [0, 0.1) is 0 Å². The molecule has 6 heteroatoms. The number of likely N-dealkylation sites (tertiary alicyclic amines) is 1. The molecule has 1 aromatic rings. The molecule has 0 aliphatic carbocycles. The molecule has 2 aliphatic rings. The molecule has 0 unspecified atom stereocenters. The Hall–Kier alpha value is -2.37. The minimum absolute atomic E-state index is 0.200. The van der Waals surface area contributed by atoms with Gasteiger partial charge in [0.25, 0.3) is 0 Å². The first kappa shape index (κ1) is 14.6. The SMILES string of the molecule is CC(=O)N1c2ccccc2C[C@H]1C(=O)N1CCC[C@@H]1C(=O)O. The van der Waals surface area contributed by atoms with Crippen LogP contribution < -0.4 is 4.90 Å². The molecule has 0 bridgehead atoms. The second kappa shape index (κ2) is 5.44. The van der Waals surface area contributed by atoms with Gasteiger partial charge in [-0.3, -0.25) is 14.5 Å². The highest BCUT2D eigenvalue weighted by Gasteiger charge is 2.43. The zero-order valence-corrected chi connectivity index (χ0v) is 12.4. The fraction of sp³-hybridized carbons (Fsp3) is 0.438. The number of carbonyl (C=O) groups excluding carboxylic acids is 2. The Morgan fingerprint density at radius 1 is 1.18 bits per heavy atom.